The number of hydrogen-bond donors (Lipinski definition) is 0. The summed E-state index contributed by atoms with van der Waals surface area (Å²) in [6.45, 7) is 10.7. The highest BCUT2D eigenvalue weighted by atomic mass is 16.6. The quantitative estimate of drug-likeness (QED) is 0.0246. The van der Waals surface area contributed by atoms with Crippen molar-refractivity contribution in [3.05, 3.63) is 104 Å². The fourth-order valence-electron chi connectivity index (χ4n) is 7.26. The summed E-state index contributed by atoms with van der Waals surface area (Å²) in [7, 11) is 9.10. The van der Waals surface area contributed by atoms with Crippen LogP contribution >= 0.6 is 0 Å². The molecule has 0 amide bonds. The molecule has 424 valence electrons. The van der Waals surface area contributed by atoms with E-state index in [2.05, 4.69) is 0 Å². The molecule has 4 aromatic rings. The third-order valence-corrected chi connectivity index (χ3v) is 12.1. The van der Waals surface area contributed by atoms with Crippen molar-refractivity contribution in [3.8, 4) is 34.5 Å². The molecule has 0 unspecified atom stereocenters. The normalized spacial score (nSPS) is 11.2. The average Bonchev–Trinajstić information content (AvgIpc) is 3.41. The van der Waals surface area contributed by atoms with Crippen LogP contribution in [-0.2, 0) is 47.4 Å². The van der Waals surface area contributed by atoms with E-state index in [0.717, 1.165) is 33.4 Å². The molecule has 0 saturated heterocycles. The fourth-order valence-corrected chi connectivity index (χ4v) is 7.26. The van der Waals surface area contributed by atoms with E-state index in [-0.39, 0.29) is 136 Å². The molecule has 0 saturated carbocycles. The molecule has 0 heterocycles. The summed E-state index contributed by atoms with van der Waals surface area (Å²) < 4.78 is 91.7. The van der Waals surface area contributed by atoms with E-state index in [1.165, 1.54) is 66.9 Å². The van der Waals surface area contributed by atoms with Crippen LogP contribution in [0.25, 0.3) is 0 Å². The Morgan fingerprint density at radius 3 is 0.740 bits per heavy atom. The summed E-state index contributed by atoms with van der Waals surface area (Å²) in [5.41, 5.74) is 3.98. The fraction of sp³-hybridized carbons (Fsp3) is 0.509. The van der Waals surface area contributed by atoms with Gasteiger partial charge < -0.3 is 75.8 Å². The molecular weight excluding hydrogens is 1000 g/mol. The maximum atomic E-state index is 14.5. The van der Waals surface area contributed by atoms with E-state index < -0.39 is 55.7 Å². The molecule has 0 radical (unpaired) electrons. The molecule has 20 heteroatoms. The lowest BCUT2D eigenvalue weighted by Crippen LogP contribution is -2.44. The summed E-state index contributed by atoms with van der Waals surface area (Å²) >= 11 is 0. The van der Waals surface area contributed by atoms with Crippen LogP contribution in [0.4, 0.5) is 0 Å². The third-order valence-electron chi connectivity index (χ3n) is 12.1. The number of carbonyl (C=O) groups is 4. The van der Waals surface area contributed by atoms with E-state index in [1.807, 2.05) is 41.5 Å². The van der Waals surface area contributed by atoms with E-state index in [4.69, 9.17) is 75.8 Å². The Morgan fingerprint density at radius 2 is 0.519 bits per heavy atom. The van der Waals surface area contributed by atoms with E-state index in [1.54, 1.807) is 24.3 Å². The number of hydrogen-bond acceptors (Lipinski definition) is 20. The molecular formula is C57H76O20. The Morgan fingerprint density at radius 1 is 0.312 bits per heavy atom. The molecule has 0 atom stereocenters. The van der Waals surface area contributed by atoms with Gasteiger partial charge >= 0.3 is 23.9 Å². The van der Waals surface area contributed by atoms with Crippen LogP contribution in [0.1, 0.15) is 74.8 Å². The Balaban J connectivity index is 1.87. The van der Waals surface area contributed by atoms with Gasteiger partial charge in [-0.1, -0.05) is 0 Å². The van der Waals surface area contributed by atoms with Crippen molar-refractivity contribution in [1.82, 2.24) is 0 Å². The molecule has 77 heavy (non-hydrogen) atoms. The molecule has 0 N–H and O–H groups in total. The van der Waals surface area contributed by atoms with Gasteiger partial charge in [0.25, 0.3) is 0 Å². The van der Waals surface area contributed by atoms with Gasteiger partial charge in [0, 0.05) is 42.7 Å². The van der Waals surface area contributed by atoms with Gasteiger partial charge in [0.2, 0.25) is 11.5 Å². The predicted molar refractivity (Wildman–Crippen MR) is 282 cm³/mol. The summed E-state index contributed by atoms with van der Waals surface area (Å²) in [5, 5.41) is 0. The first-order valence-electron chi connectivity index (χ1n) is 25.0. The second-order valence-electron chi connectivity index (χ2n) is 17.9. The molecule has 4 aromatic carbocycles. The third kappa shape index (κ3) is 19.4. The molecule has 20 nitrogen and oxygen atoms in total. The zero-order chi connectivity index (χ0) is 56.3. The van der Waals surface area contributed by atoms with Gasteiger partial charge in [-0.15, -0.1) is 0 Å². The first kappa shape index (κ1) is 62.9. The number of carbonyl (C=O) groups excluding carboxylic acids is 4. The van der Waals surface area contributed by atoms with Gasteiger partial charge in [0.1, 0.15) is 71.5 Å². The Bertz CT molecular complexity index is 2260. The van der Waals surface area contributed by atoms with Gasteiger partial charge in [-0.05, 0) is 123 Å². The van der Waals surface area contributed by atoms with Gasteiger partial charge in [-0.2, -0.15) is 0 Å². The second-order valence-corrected chi connectivity index (χ2v) is 17.9. The number of rotatable bonds is 36. The monoisotopic (exact) mass is 1080 g/mol. The van der Waals surface area contributed by atoms with Crippen molar-refractivity contribution in [1.29, 1.82) is 0 Å². The maximum absolute atomic E-state index is 14.5. The average molecular weight is 1080 g/mol. The van der Waals surface area contributed by atoms with Crippen LogP contribution in [0.15, 0.2) is 48.5 Å². The van der Waals surface area contributed by atoms with E-state index in [0.29, 0.717) is 0 Å². The standard InChI is InChI=1S/C57H76O20/c1-37-25-43(26-38(2)41(37)5)53(58)74-33-57(34-75-54(59)44-27-39(3)42(6)40(4)28-44,35-76-55(60)45-29-47(68-19-13-62-7)51(72-23-17-66-11)48(30-45)69-20-14-63-8)36-77-56(61)46-31-49(70-21-15-64-9)52(73-24-18-67-12)50(32-46)71-22-16-65-10/h25-32H,13-24,33-36H2,1-12H3. The van der Waals surface area contributed by atoms with Crippen LogP contribution in [0.3, 0.4) is 0 Å². The van der Waals surface area contributed by atoms with Crippen LogP contribution in [0, 0.1) is 47.0 Å². The zero-order valence-corrected chi connectivity index (χ0v) is 46.6. The molecule has 0 aliphatic carbocycles. The smallest absolute Gasteiger partial charge is 0.338 e. The lowest BCUT2D eigenvalue weighted by atomic mass is 9.91. The second kappa shape index (κ2) is 32.8. The van der Waals surface area contributed by atoms with Crippen LogP contribution in [0.5, 0.6) is 34.5 Å². The highest BCUT2D eigenvalue weighted by molar-refractivity contribution is 5.93. The molecule has 0 bridgehead atoms. The first-order chi connectivity index (χ1) is 37.0. The first-order valence-corrected chi connectivity index (χ1v) is 25.0. The number of methoxy groups -OCH3 is 6. The molecule has 0 fully saturated rings. The minimum absolute atomic E-state index is 0.0465. The van der Waals surface area contributed by atoms with Crippen molar-refractivity contribution < 1.29 is 95.0 Å². The lowest BCUT2D eigenvalue weighted by Gasteiger charge is -2.32. The number of ether oxygens (including phenoxy) is 16. The summed E-state index contributed by atoms with van der Waals surface area (Å²) in [6.07, 6.45) is 0. The molecule has 4 rings (SSSR count). The number of esters is 4. The topological polar surface area (TPSA) is 216 Å². The lowest BCUT2D eigenvalue weighted by molar-refractivity contribution is -0.0642. The highest BCUT2D eigenvalue weighted by Crippen LogP contribution is 2.41. The molecule has 0 spiro atoms. The Hall–Kier alpha value is -6.68. The van der Waals surface area contributed by atoms with Crippen molar-refractivity contribution in [3.63, 3.8) is 0 Å². The minimum atomic E-state index is -1.78. The Kier molecular flexibility index (Phi) is 26.8. The summed E-state index contributed by atoms with van der Waals surface area (Å²) in [4.78, 5) is 57.1. The van der Waals surface area contributed by atoms with Crippen molar-refractivity contribution in [2.24, 2.45) is 5.41 Å². The molecule has 0 aliphatic heterocycles. The van der Waals surface area contributed by atoms with E-state index in [9.17, 15) is 19.2 Å². The number of benzene rings is 4. The van der Waals surface area contributed by atoms with Crippen LogP contribution in [-0.4, -0.2) is 172 Å². The summed E-state index contributed by atoms with van der Waals surface area (Å²) in [6, 6.07) is 12.4. The largest absolute Gasteiger partial charge is 0.487 e. The highest BCUT2D eigenvalue weighted by Gasteiger charge is 2.39. The summed E-state index contributed by atoms with van der Waals surface area (Å²) in [5.74, 6) is -2.44. The molecule has 0 aromatic heterocycles. The van der Waals surface area contributed by atoms with Gasteiger partial charge in [0.05, 0.1) is 61.9 Å². The SMILES string of the molecule is COCCOc1cc(C(=O)OCC(COC(=O)c2cc(C)c(C)c(C)c2)(COC(=O)c2cc(C)c(C)c(C)c2)COC(=O)c2cc(OCCOC)c(OCCOC)c(OCCOC)c2)cc(OCCOC)c1OCCOC. The van der Waals surface area contributed by atoms with Crippen molar-refractivity contribution in [2.45, 2.75) is 41.5 Å². The van der Waals surface area contributed by atoms with E-state index >= 15 is 0 Å². The van der Waals surface area contributed by atoms with Gasteiger partial charge in [0.15, 0.2) is 23.0 Å². The maximum Gasteiger partial charge on any atom is 0.338 e. The van der Waals surface area contributed by atoms with Gasteiger partial charge in [-0.25, -0.2) is 19.2 Å². The van der Waals surface area contributed by atoms with Crippen LogP contribution < -0.4 is 28.4 Å². The van der Waals surface area contributed by atoms with Gasteiger partial charge in [-0.3, -0.25) is 0 Å². The van der Waals surface area contributed by atoms with Crippen molar-refractivity contribution >= 4 is 23.9 Å². The minimum Gasteiger partial charge on any atom is -0.487 e. The zero-order valence-electron chi connectivity index (χ0n) is 46.6. The number of aryl methyl sites for hydroxylation is 4. The predicted octanol–water partition coefficient (Wildman–Crippen LogP) is 7.40. The Labute approximate surface area is 451 Å². The van der Waals surface area contributed by atoms with Crippen molar-refractivity contribution in [2.75, 3.05) is 148 Å². The van der Waals surface area contributed by atoms with Crippen LogP contribution in [0.2, 0.25) is 0 Å². The molecule has 0 aliphatic rings.